The fourth-order valence-electron chi connectivity index (χ4n) is 6.66. The predicted molar refractivity (Wildman–Crippen MR) is 129 cm³/mol. The number of piperidine rings is 1. The first-order chi connectivity index (χ1) is 15.7. The Bertz CT molecular complexity index is 709. The van der Waals surface area contributed by atoms with Gasteiger partial charge < -0.3 is 15.7 Å². The van der Waals surface area contributed by atoms with E-state index in [9.17, 15) is 18.3 Å². The second-order valence-corrected chi connectivity index (χ2v) is 10.7. The summed E-state index contributed by atoms with van der Waals surface area (Å²) in [6, 6.07) is 0. The molecule has 1 saturated heterocycles. The minimum Gasteiger partial charge on any atom is -0.389 e. The number of likely N-dealkylation sites (tertiary alicyclic amines) is 1. The second-order valence-electron chi connectivity index (χ2n) is 10.7. The fourth-order valence-corrected chi connectivity index (χ4v) is 6.66. The van der Waals surface area contributed by atoms with E-state index >= 15 is 0 Å². The Balaban J connectivity index is 1.59. The Morgan fingerprint density at radius 1 is 1.27 bits per heavy atom. The highest BCUT2D eigenvalue weighted by Gasteiger charge is 2.49. The van der Waals surface area contributed by atoms with E-state index in [0.717, 1.165) is 25.8 Å². The standard InChI is InChI=1S/C27H43F3N2O/c1-3-24(33)19-20(10-15-31)6-7-21-5-4-14-26(2)22(8-9-25(21)26)11-16-32-17-12-23(13-18-32)27(28,29)30/h3,6-7,22-25,33H,1,4-5,8-19,31H2,2H3/b20-6-,21-7+. The molecule has 1 aliphatic heterocycles. The second kappa shape index (κ2) is 11.5. The molecule has 0 amide bonds. The van der Waals surface area contributed by atoms with Crippen LogP contribution >= 0.6 is 0 Å². The van der Waals surface area contributed by atoms with Crippen LogP contribution in [0.5, 0.6) is 0 Å². The lowest BCUT2D eigenvalue weighted by Crippen LogP contribution is -2.41. The number of aliphatic hydroxyl groups is 1. The lowest BCUT2D eigenvalue weighted by molar-refractivity contribution is -0.185. The van der Waals surface area contributed by atoms with Gasteiger partial charge in [0.05, 0.1) is 12.0 Å². The van der Waals surface area contributed by atoms with Crippen molar-refractivity contribution in [1.29, 1.82) is 0 Å². The first-order valence-corrected chi connectivity index (χ1v) is 12.9. The minimum absolute atomic E-state index is 0.249. The van der Waals surface area contributed by atoms with Gasteiger partial charge in [-0.05, 0) is 108 Å². The lowest BCUT2D eigenvalue weighted by atomic mass is 9.63. The van der Waals surface area contributed by atoms with Crippen molar-refractivity contribution in [3.63, 3.8) is 0 Å². The largest absolute Gasteiger partial charge is 0.391 e. The number of nitrogens with zero attached hydrogens (tertiary/aromatic N) is 1. The quantitative estimate of drug-likeness (QED) is 0.408. The molecule has 0 aromatic rings. The fraction of sp³-hybridized carbons (Fsp3) is 0.778. The highest BCUT2D eigenvalue weighted by atomic mass is 19.4. The van der Waals surface area contributed by atoms with Gasteiger partial charge in [0.15, 0.2) is 0 Å². The molecule has 4 unspecified atom stereocenters. The van der Waals surface area contributed by atoms with Crippen LogP contribution < -0.4 is 5.73 Å². The van der Waals surface area contributed by atoms with Crippen LogP contribution in [-0.4, -0.2) is 48.5 Å². The molecule has 4 atom stereocenters. The van der Waals surface area contributed by atoms with Gasteiger partial charge in [0.25, 0.3) is 0 Å². The minimum atomic E-state index is -4.04. The molecule has 3 nitrogen and oxygen atoms in total. The number of alkyl halides is 3. The van der Waals surface area contributed by atoms with E-state index < -0.39 is 18.2 Å². The van der Waals surface area contributed by atoms with Crippen LogP contribution in [0.25, 0.3) is 0 Å². The number of allylic oxidation sites excluding steroid dienone is 3. The molecular weight excluding hydrogens is 425 g/mol. The zero-order valence-electron chi connectivity index (χ0n) is 20.3. The predicted octanol–water partition coefficient (Wildman–Crippen LogP) is 6.01. The highest BCUT2D eigenvalue weighted by molar-refractivity contribution is 5.25. The first-order valence-electron chi connectivity index (χ1n) is 12.9. The normalized spacial score (nSPS) is 32.2. The van der Waals surface area contributed by atoms with E-state index in [1.54, 1.807) is 6.08 Å². The number of halogens is 3. The van der Waals surface area contributed by atoms with Crippen LogP contribution in [0, 0.1) is 23.2 Å². The van der Waals surface area contributed by atoms with Crippen molar-refractivity contribution in [1.82, 2.24) is 4.90 Å². The molecule has 3 rings (SSSR count). The maximum atomic E-state index is 13.0. The van der Waals surface area contributed by atoms with Crippen molar-refractivity contribution in [2.75, 3.05) is 26.2 Å². The third-order valence-corrected chi connectivity index (χ3v) is 8.75. The number of hydrogen-bond donors (Lipinski definition) is 2. The molecule has 0 radical (unpaired) electrons. The van der Waals surface area contributed by atoms with Crippen molar-refractivity contribution in [2.45, 2.75) is 83.4 Å². The van der Waals surface area contributed by atoms with E-state index in [4.69, 9.17) is 5.73 Å². The Labute approximate surface area is 198 Å². The Morgan fingerprint density at radius 3 is 2.64 bits per heavy atom. The van der Waals surface area contributed by atoms with Crippen LogP contribution in [0.1, 0.15) is 71.1 Å². The van der Waals surface area contributed by atoms with E-state index in [2.05, 4.69) is 30.6 Å². The van der Waals surface area contributed by atoms with Crippen molar-refractivity contribution in [3.05, 3.63) is 36.0 Å². The van der Waals surface area contributed by atoms with Crippen LogP contribution in [0.15, 0.2) is 36.0 Å². The average Bonchev–Trinajstić information content (AvgIpc) is 3.12. The Hall–Kier alpha value is -1.11. The number of nitrogens with two attached hydrogens (primary N) is 1. The van der Waals surface area contributed by atoms with Crippen LogP contribution in [0.4, 0.5) is 13.2 Å². The lowest BCUT2D eigenvalue weighted by Gasteiger charge is -2.43. The molecule has 2 aliphatic carbocycles. The number of hydrogen-bond acceptors (Lipinski definition) is 3. The molecule has 0 aromatic carbocycles. The third kappa shape index (κ3) is 6.73. The summed E-state index contributed by atoms with van der Waals surface area (Å²) in [7, 11) is 0. The summed E-state index contributed by atoms with van der Waals surface area (Å²) in [5, 5.41) is 9.96. The summed E-state index contributed by atoms with van der Waals surface area (Å²) >= 11 is 0. The van der Waals surface area contributed by atoms with Crippen molar-refractivity contribution < 1.29 is 18.3 Å². The smallest absolute Gasteiger partial charge is 0.389 e. The molecule has 1 heterocycles. The summed E-state index contributed by atoms with van der Waals surface area (Å²) in [6.45, 7) is 8.77. The maximum Gasteiger partial charge on any atom is 0.391 e. The van der Waals surface area contributed by atoms with Crippen LogP contribution in [0.2, 0.25) is 0 Å². The summed E-state index contributed by atoms with van der Waals surface area (Å²) in [4.78, 5) is 2.26. The van der Waals surface area contributed by atoms with Gasteiger partial charge in [0, 0.05) is 0 Å². The van der Waals surface area contributed by atoms with Gasteiger partial charge in [-0.15, -0.1) is 6.58 Å². The zero-order valence-corrected chi connectivity index (χ0v) is 20.3. The molecule has 3 fully saturated rings. The molecule has 3 aliphatic rings. The van der Waals surface area contributed by atoms with E-state index in [-0.39, 0.29) is 18.3 Å². The average molecular weight is 469 g/mol. The van der Waals surface area contributed by atoms with Crippen molar-refractivity contribution >= 4 is 0 Å². The van der Waals surface area contributed by atoms with Gasteiger partial charge in [-0.25, -0.2) is 0 Å². The third-order valence-electron chi connectivity index (χ3n) is 8.75. The van der Waals surface area contributed by atoms with Crippen molar-refractivity contribution in [3.8, 4) is 0 Å². The van der Waals surface area contributed by atoms with Gasteiger partial charge in [-0.1, -0.05) is 36.3 Å². The van der Waals surface area contributed by atoms with Gasteiger partial charge in [0.2, 0.25) is 0 Å². The molecule has 3 N–H and O–H groups in total. The van der Waals surface area contributed by atoms with Gasteiger partial charge in [-0.3, -0.25) is 0 Å². The maximum absolute atomic E-state index is 13.0. The molecule has 2 saturated carbocycles. The van der Waals surface area contributed by atoms with E-state index in [1.165, 1.54) is 36.8 Å². The molecular formula is C27H43F3N2O. The van der Waals surface area contributed by atoms with Gasteiger partial charge >= 0.3 is 6.18 Å². The zero-order chi connectivity index (χ0) is 24.1. The number of aliphatic hydroxyl groups excluding tert-OH is 1. The summed E-state index contributed by atoms with van der Waals surface area (Å²) < 4.78 is 38.9. The summed E-state index contributed by atoms with van der Waals surface area (Å²) in [5.74, 6) is 0.117. The summed E-state index contributed by atoms with van der Waals surface area (Å²) in [6.07, 6.45) is 10.4. The monoisotopic (exact) mass is 468 g/mol. The SMILES string of the molecule is C=CC(O)C/C(=C\C=C1/CCCC2(C)C(CCN3CCC(C(F)(F)F)CC3)CCC12)CCN. The molecule has 33 heavy (non-hydrogen) atoms. The van der Waals surface area contributed by atoms with Crippen LogP contribution in [0.3, 0.4) is 0 Å². The Kier molecular flexibility index (Phi) is 9.27. The Morgan fingerprint density at radius 2 is 2.00 bits per heavy atom. The first kappa shape index (κ1) is 26.5. The van der Waals surface area contributed by atoms with Gasteiger partial charge in [-0.2, -0.15) is 13.2 Å². The number of rotatable bonds is 9. The molecule has 188 valence electrons. The van der Waals surface area contributed by atoms with E-state index in [0.29, 0.717) is 37.9 Å². The van der Waals surface area contributed by atoms with Gasteiger partial charge in [0.1, 0.15) is 0 Å². The molecule has 0 aromatic heterocycles. The molecule has 0 spiro atoms. The van der Waals surface area contributed by atoms with Crippen LogP contribution in [-0.2, 0) is 0 Å². The molecule has 6 heteroatoms. The topological polar surface area (TPSA) is 49.5 Å². The summed E-state index contributed by atoms with van der Waals surface area (Å²) in [5.41, 5.74) is 8.76. The number of fused-ring (bicyclic) bond motifs is 1. The van der Waals surface area contributed by atoms with E-state index in [1.807, 2.05) is 0 Å². The molecule has 0 bridgehead atoms. The highest BCUT2D eigenvalue weighted by Crippen LogP contribution is 2.58. The van der Waals surface area contributed by atoms with Crippen molar-refractivity contribution in [2.24, 2.45) is 28.9 Å².